The first-order valence-electron chi connectivity index (χ1n) is 6.30. The largest absolute Gasteiger partial charge is 0.314 e. The number of nitrogens with one attached hydrogen (secondary N) is 1. The highest BCUT2D eigenvalue weighted by atomic mass is 15.3. The Hall–Kier alpha value is -0.830. The van der Waals surface area contributed by atoms with E-state index in [1.165, 1.54) is 29.8 Å². The zero-order valence-electron chi connectivity index (χ0n) is 10.9. The van der Waals surface area contributed by atoms with Crippen LogP contribution < -0.4 is 5.32 Å². The minimum atomic E-state index is 0.696. The molecule has 0 amide bonds. The lowest BCUT2D eigenvalue weighted by Gasteiger charge is -2.12. The Balaban J connectivity index is 1.91. The Kier molecular flexibility index (Phi) is 3.33. The molecule has 0 radical (unpaired) electrons. The van der Waals surface area contributed by atoms with Crippen LogP contribution in [0.15, 0.2) is 0 Å². The van der Waals surface area contributed by atoms with Crippen LogP contribution in [0.3, 0.4) is 0 Å². The van der Waals surface area contributed by atoms with Gasteiger partial charge < -0.3 is 5.32 Å². The summed E-state index contributed by atoms with van der Waals surface area (Å²) in [6.07, 6.45) is 3.89. The van der Waals surface area contributed by atoms with Crippen LogP contribution in [0.25, 0.3) is 0 Å². The number of aromatic nitrogens is 2. The lowest BCUT2D eigenvalue weighted by Crippen LogP contribution is -2.24. The number of hydrogen-bond acceptors (Lipinski definition) is 2. The monoisotopic (exact) mass is 221 g/mol. The van der Waals surface area contributed by atoms with Gasteiger partial charge >= 0.3 is 0 Å². The lowest BCUT2D eigenvalue weighted by molar-refractivity contribution is 0.507. The first kappa shape index (κ1) is 11.6. The van der Waals surface area contributed by atoms with Crippen LogP contribution in [0.2, 0.25) is 0 Å². The van der Waals surface area contributed by atoms with Crippen molar-refractivity contribution in [1.29, 1.82) is 0 Å². The summed E-state index contributed by atoms with van der Waals surface area (Å²) in [4.78, 5) is 0. The number of rotatable bonds is 5. The molecule has 1 atom stereocenters. The Bertz CT molecular complexity index is 363. The first-order chi connectivity index (χ1) is 7.58. The van der Waals surface area contributed by atoms with Crippen LogP contribution in [-0.4, -0.2) is 22.4 Å². The Morgan fingerprint density at radius 3 is 2.62 bits per heavy atom. The molecule has 0 bridgehead atoms. The molecule has 1 saturated carbocycles. The first-order valence-corrected chi connectivity index (χ1v) is 6.30. The predicted molar refractivity (Wildman–Crippen MR) is 66.6 cm³/mol. The van der Waals surface area contributed by atoms with Crippen LogP contribution in [0, 0.1) is 19.8 Å². The molecule has 1 aliphatic carbocycles. The molecule has 1 unspecified atom stereocenters. The molecule has 0 aliphatic heterocycles. The van der Waals surface area contributed by atoms with Crippen molar-refractivity contribution in [1.82, 2.24) is 15.1 Å². The van der Waals surface area contributed by atoms with Gasteiger partial charge in [-0.1, -0.05) is 6.92 Å². The topological polar surface area (TPSA) is 29.9 Å². The van der Waals surface area contributed by atoms with Crippen molar-refractivity contribution in [2.75, 3.05) is 6.54 Å². The van der Waals surface area contributed by atoms with Gasteiger partial charge in [-0.3, -0.25) is 4.68 Å². The van der Waals surface area contributed by atoms with Crippen LogP contribution in [-0.2, 0) is 13.5 Å². The van der Waals surface area contributed by atoms with E-state index in [0.717, 1.165) is 19.0 Å². The highest BCUT2D eigenvalue weighted by Crippen LogP contribution is 2.20. The maximum atomic E-state index is 4.47. The summed E-state index contributed by atoms with van der Waals surface area (Å²) in [5, 5.41) is 8.06. The van der Waals surface area contributed by atoms with Crippen molar-refractivity contribution in [3.05, 3.63) is 17.0 Å². The maximum Gasteiger partial charge on any atom is 0.0628 e. The summed E-state index contributed by atoms with van der Waals surface area (Å²) in [5.74, 6) is 0.696. The third-order valence-corrected chi connectivity index (χ3v) is 3.54. The van der Waals surface area contributed by atoms with Crippen LogP contribution in [0.1, 0.15) is 36.7 Å². The molecule has 1 N–H and O–H groups in total. The van der Waals surface area contributed by atoms with E-state index in [-0.39, 0.29) is 0 Å². The normalized spacial score (nSPS) is 17.8. The number of hydrogen-bond donors (Lipinski definition) is 1. The van der Waals surface area contributed by atoms with E-state index in [1.54, 1.807) is 0 Å². The van der Waals surface area contributed by atoms with Crippen molar-refractivity contribution in [3.8, 4) is 0 Å². The van der Waals surface area contributed by atoms with Crippen LogP contribution >= 0.6 is 0 Å². The zero-order chi connectivity index (χ0) is 11.7. The molecule has 1 fully saturated rings. The molecule has 1 heterocycles. The minimum absolute atomic E-state index is 0.696. The fourth-order valence-electron chi connectivity index (χ4n) is 2.19. The summed E-state index contributed by atoms with van der Waals surface area (Å²) in [7, 11) is 2.03. The van der Waals surface area contributed by atoms with E-state index in [1.807, 2.05) is 11.7 Å². The third kappa shape index (κ3) is 2.64. The molecule has 1 aromatic heterocycles. The molecule has 0 spiro atoms. The van der Waals surface area contributed by atoms with E-state index in [4.69, 9.17) is 0 Å². The summed E-state index contributed by atoms with van der Waals surface area (Å²) >= 11 is 0. The summed E-state index contributed by atoms with van der Waals surface area (Å²) in [6, 6.07) is 0.818. The minimum Gasteiger partial charge on any atom is -0.314 e. The average Bonchev–Trinajstić information content (AvgIpc) is 3.01. The Labute approximate surface area is 98.2 Å². The van der Waals surface area contributed by atoms with Gasteiger partial charge in [-0.25, -0.2) is 0 Å². The van der Waals surface area contributed by atoms with Gasteiger partial charge in [-0.05, 0) is 51.1 Å². The SMILES string of the molecule is Cc1nn(C)c(C)c1CC(C)CNC1CC1. The van der Waals surface area contributed by atoms with Gasteiger partial charge in [0.2, 0.25) is 0 Å². The maximum absolute atomic E-state index is 4.47. The van der Waals surface area contributed by atoms with Crippen molar-refractivity contribution in [2.24, 2.45) is 13.0 Å². The quantitative estimate of drug-likeness (QED) is 0.824. The summed E-state index contributed by atoms with van der Waals surface area (Å²) < 4.78 is 1.99. The fourth-order valence-corrected chi connectivity index (χ4v) is 2.19. The molecule has 3 heteroatoms. The zero-order valence-corrected chi connectivity index (χ0v) is 10.9. The molecular formula is C13H23N3. The molecule has 0 aromatic carbocycles. The Morgan fingerprint density at radius 1 is 1.44 bits per heavy atom. The van der Waals surface area contributed by atoms with Gasteiger partial charge in [0.1, 0.15) is 0 Å². The second-order valence-electron chi connectivity index (χ2n) is 5.26. The van der Waals surface area contributed by atoms with Gasteiger partial charge in [-0.15, -0.1) is 0 Å². The smallest absolute Gasteiger partial charge is 0.0628 e. The molecule has 1 aliphatic rings. The van der Waals surface area contributed by atoms with E-state index in [0.29, 0.717) is 5.92 Å². The lowest BCUT2D eigenvalue weighted by atomic mass is 9.99. The highest BCUT2D eigenvalue weighted by Gasteiger charge is 2.21. The molecule has 1 aromatic rings. The van der Waals surface area contributed by atoms with Crippen molar-refractivity contribution >= 4 is 0 Å². The Morgan fingerprint density at radius 2 is 2.12 bits per heavy atom. The van der Waals surface area contributed by atoms with E-state index in [2.05, 4.69) is 31.2 Å². The van der Waals surface area contributed by atoms with E-state index in [9.17, 15) is 0 Å². The van der Waals surface area contributed by atoms with E-state index >= 15 is 0 Å². The van der Waals surface area contributed by atoms with Gasteiger partial charge in [-0.2, -0.15) is 5.10 Å². The fraction of sp³-hybridized carbons (Fsp3) is 0.769. The second kappa shape index (κ2) is 4.58. The van der Waals surface area contributed by atoms with Gasteiger partial charge in [0.25, 0.3) is 0 Å². The summed E-state index contributed by atoms with van der Waals surface area (Å²) in [6.45, 7) is 7.74. The van der Waals surface area contributed by atoms with Crippen LogP contribution in [0.4, 0.5) is 0 Å². The average molecular weight is 221 g/mol. The summed E-state index contributed by atoms with van der Waals surface area (Å²) in [5.41, 5.74) is 3.95. The molecular weight excluding hydrogens is 198 g/mol. The van der Waals surface area contributed by atoms with Gasteiger partial charge in [0, 0.05) is 18.8 Å². The predicted octanol–water partition coefficient (Wildman–Crippen LogP) is 1.97. The van der Waals surface area contributed by atoms with Crippen molar-refractivity contribution < 1.29 is 0 Å². The van der Waals surface area contributed by atoms with Crippen molar-refractivity contribution in [2.45, 2.75) is 46.1 Å². The van der Waals surface area contributed by atoms with E-state index < -0.39 is 0 Å². The molecule has 3 nitrogen and oxygen atoms in total. The second-order valence-corrected chi connectivity index (χ2v) is 5.26. The van der Waals surface area contributed by atoms with Gasteiger partial charge in [0.05, 0.1) is 5.69 Å². The molecule has 90 valence electrons. The number of aryl methyl sites for hydroxylation is 2. The third-order valence-electron chi connectivity index (χ3n) is 3.54. The molecule has 2 rings (SSSR count). The molecule has 0 saturated heterocycles. The highest BCUT2D eigenvalue weighted by molar-refractivity contribution is 5.24. The van der Waals surface area contributed by atoms with Crippen LogP contribution in [0.5, 0.6) is 0 Å². The standard InChI is InChI=1S/C13H23N3/c1-9(8-14-12-5-6-12)7-13-10(2)15-16(4)11(13)3/h9,12,14H,5-8H2,1-4H3. The number of nitrogens with zero attached hydrogens (tertiary/aromatic N) is 2. The van der Waals surface area contributed by atoms with Crippen molar-refractivity contribution in [3.63, 3.8) is 0 Å². The molecule has 16 heavy (non-hydrogen) atoms. The van der Waals surface area contributed by atoms with Gasteiger partial charge in [0.15, 0.2) is 0 Å².